The highest BCUT2D eigenvalue weighted by molar-refractivity contribution is 7.98. The molecule has 1 aliphatic rings. The lowest BCUT2D eigenvalue weighted by molar-refractivity contribution is 0.231. The average Bonchev–Trinajstić information content (AvgIpc) is 2.28. The highest BCUT2D eigenvalue weighted by atomic mass is 32.2. The molecule has 0 heterocycles. The third-order valence-corrected chi connectivity index (χ3v) is 3.91. The Labute approximate surface area is 103 Å². The van der Waals surface area contributed by atoms with Gasteiger partial charge in [-0.05, 0) is 30.8 Å². The quantitative estimate of drug-likeness (QED) is 0.780. The van der Waals surface area contributed by atoms with E-state index in [9.17, 15) is 4.79 Å². The van der Waals surface area contributed by atoms with Crippen molar-refractivity contribution in [3.05, 3.63) is 0 Å². The molecule has 0 spiro atoms. The molecule has 0 aromatic carbocycles. The summed E-state index contributed by atoms with van der Waals surface area (Å²) in [6.07, 6.45) is 8.23. The SMILES string of the molecule is CSCC(C)CNC(=O)NC1CCCCC1. The van der Waals surface area contributed by atoms with Crippen molar-refractivity contribution in [1.29, 1.82) is 0 Å². The zero-order valence-corrected chi connectivity index (χ0v) is 11.2. The van der Waals surface area contributed by atoms with Gasteiger partial charge in [-0.1, -0.05) is 26.2 Å². The van der Waals surface area contributed by atoms with Crippen molar-refractivity contribution in [2.24, 2.45) is 5.92 Å². The van der Waals surface area contributed by atoms with Crippen LogP contribution < -0.4 is 10.6 Å². The number of carbonyl (C=O) groups is 1. The van der Waals surface area contributed by atoms with Crippen LogP contribution in [0.2, 0.25) is 0 Å². The number of amides is 2. The Morgan fingerprint density at radius 1 is 1.38 bits per heavy atom. The minimum Gasteiger partial charge on any atom is -0.338 e. The minimum absolute atomic E-state index is 0.0138. The molecule has 16 heavy (non-hydrogen) atoms. The maximum Gasteiger partial charge on any atom is 0.315 e. The van der Waals surface area contributed by atoms with Gasteiger partial charge >= 0.3 is 6.03 Å². The second kappa shape index (κ2) is 7.82. The lowest BCUT2D eigenvalue weighted by Gasteiger charge is -2.23. The number of urea groups is 1. The summed E-state index contributed by atoms with van der Waals surface area (Å²) in [5, 5.41) is 6.01. The fourth-order valence-electron chi connectivity index (χ4n) is 2.09. The van der Waals surface area contributed by atoms with Gasteiger partial charge in [0, 0.05) is 12.6 Å². The molecule has 4 heteroatoms. The maximum atomic E-state index is 11.6. The summed E-state index contributed by atoms with van der Waals surface area (Å²) in [6, 6.07) is 0.421. The van der Waals surface area contributed by atoms with E-state index in [-0.39, 0.29) is 6.03 Å². The van der Waals surface area contributed by atoms with E-state index in [0.29, 0.717) is 12.0 Å². The first-order valence-electron chi connectivity index (χ1n) is 6.25. The summed E-state index contributed by atoms with van der Waals surface area (Å²) >= 11 is 1.83. The Kier molecular flexibility index (Phi) is 6.69. The Morgan fingerprint density at radius 2 is 2.06 bits per heavy atom. The van der Waals surface area contributed by atoms with Gasteiger partial charge in [-0.15, -0.1) is 0 Å². The van der Waals surface area contributed by atoms with Gasteiger partial charge in [0.2, 0.25) is 0 Å². The first kappa shape index (κ1) is 13.7. The zero-order chi connectivity index (χ0) is 11.8. The predicted octanol–water partition coefficient (Wildman–Crippen LogP) is 2.62. The molecular weight excluding hydrogens is 220 g/mol. The molecule has 0 radical (unpaired) electrons. The van der Waals surface area contributed by atoms with Crippen LogP contribution in [0.4, 0.5) is 4.79 Å². The summed E-state index contributed by atoms with van der Waals surface area (Å²) < 4.78 is 0. The molecule has 0 aromatic heterocycles. The molecule has 3 nitrogen and oxygen atoms in total. The standard InChI is InChI=1S/C12H24N2OS/c1-10(9-16-2)8-13-12(15)14-11-6-4-3-5-7-11/h10-11H,3-9H2,1-2H3,(H2,13,14,15). The van der Waals surface area contributed by atoms with E-state index in [4.69, 9.17) is 0 Å². The van der Waals surface area contributed by atoms with Gasteiger partial charge in [0.1, 0.15) is 0 Å². The van der Waals surface area contributed by atoms with Gasteiger partial charge in [-0.3, -0.25) is 0 Å². The topological polar surface area (TPSA) is 41.1 Å². The molecule has 1 rings (SSSR count). The molecule has 1 aliphatic carbocycles. The first-order valence-corrected chi connectivity index (χ1v) is 7.65. The Hall–Kier alpha value is -0.380. The fourth-order valence-corrected chi connectivity index (χ4v) is 2.78. The van der Waals surface area contributed by atoms with Gasteiger partial charge in [0.25, 0.3) is 0 Å². The maximum absolute atomic E-state index is 11.6. The molecule has 1 unspecified atom stereocenters. The van der Waals surface area contributed by atoms with E-state index in [1.165, 1.54) is 19.3 Å². The second-order valence-electron chi connectivity index (χ2n) is 4.75. The number of rotatable bonds is 5. The lowest BCUT2D eigenvalue weighted by Crippen LogP contribution is -2.44. The second-order valence-corrected chi connectivity index (χ2v) is 5.66. The molecule has 1 fully saturated rings. The molecule has 0 aromatic rings. The summed E-state index contributed by atoms with van der Waals surface area (Å²) in [4.78, 5) is 11.6. The van der Waals surface area contributed by atoms with E-state index in [0.717, 1.165) is 25.1 Å². The molecular formula is C12H24N2OS. The number of hydrogen-bond acceptors (Lipinski definition) is 2. The Morgan fingerprint density at radius 3 is 2.69 bits per heavy atom. The molecule has 1 atom stereocenters. The van der Waals surface area contributed by atoms with E-state index in [1.807, 2.05) is 11.8 Å². The molecule has 1 saturated carbocycles. The van der Waals surface area contributed by atoms with Crippen LogP contribution in [-0.4, -0.2) is 30.6 Å². The van der Waals surface area contributed by atoms with Gasteiger partial charge in [0.15, 0.2) is 0 Å². The molecule has 2 amide bonds. The van der Waals surface area contributed by atoms with Crippen LogP contribution in [0.3, 0.4) is 0 Å². The smallest absolute Gasteiger partial charge is 0.315 e. The number of nitrogens with one attached hydrogen (secondary N) is 2. The summed E-state index contributed by atoms with van der Waals surface area (Å²) in [7, 11) is 0. The van der Waals surface area contributed by atoms with E-state index < -0.39 is 0 Å². The molecule has 0 bridgehead atoms. The van der Waals surface area contributed by atoms with E-state index in [1.54, 1.807) is 0 Å². The van der Waals surface area contributed by atoms with Crippen molar-refractivity contribution in [2.75, 3.05) is 18.6 Å². The van der Waals surface area contributed by atoms with Gasteiger partial charge in [-0.2, -0.15) is 11.8 Å². The molecule has 94 valence electrons. The zero-order valence-electron chi connectivity index (χ0n) is 10.4. The number of thioether (sulfide) groups is 1. The van der Waals surface area contributed by atoms with Crippen LogP contribution in [-0.2, 0) is 0 Å². The van der Waals surface area contributed by atoms with Gasteiger partial charge < -0.3 is 10.6 Å². The normalized spacial score (nSPS) is 19.1. The van der Waals surface area contributed by atoms with E-state index in [2.05, 4.69) is 23.8 Å². The van der Waals surface area contributed by atoms with Gasteiger partial charge in [0.05, 0.1) is 0 Å². The third-order valence-electron chi connectivity index (χ3n) is 3.00. The minimum atomic E-state index is 0.0138. The summed E-state index contributed by atoms with van der Waals surface area (Å²) in [6.45, 7) is 2.94. The predicted molar refractivity (Wildman–Crippen MR) is 71.0 cm³/mol. The Bertz CT molecular complexity index is 205. The summed E-state index contributed by atoms with van der Waals surface area (Å²) in [5.74, 6) is 1.65. The Balaban J connectivity index is 2.10. The number of carbonyl (C=O) groups excluding carboxylic acids is 1. The van der Waals surface area contributed by atoms with Gasteiger partial charge in [-0.25, -0.2) is 4.79 Å². The van der Waals surface area contributed by atoms with Crippen molar-refractivity contribution in [3.63, 3.8) is 0 Å². The van der Waals surface area contributed by atoms with Crippen molar-refractivity contribution in [2.45, 2.75) is 45.1 Å². The monoisotopic (exact) mass is 244 g/mol. The third kappa shape index (κ3) is 5.64. The first-order chi connectivity index (χ1) is 7.72. The lowest BCUT2D eigenvalue weighted by atomic mass is 9.96. The average molecular weight is 244 g/mol. The highest BCUT2D eigenvalue weighted by Crippen LogP contribution is 2.17. The van der Waals surface area contributed by atoms with Crippen LogP contribution in [0, 0.1) is 5.92 Å². The van der Waals surface area contributed by atoms with Crippen LogP contribution >= 0.6 is 11.8 Å². The van der Waals surface area contributed by atoms with Crippen LogP contribution in [0.25, 0.3) is 0 Å². The fraction of sp³-hybridized carbons (Fsp3) is 0.917. The largest absolute Gasteiger partial charge is 0.338 e. The van der Waals surface area contributed by atoms with Crippen LogP contribution in [0.15, 0.2) is 0 Å². The number of hydrogen-bond donors (Lipinski definition) is 2. The van der Waals surface area contributed by atoms with Crippen molar-refractivity contribution < 1.29 is 4.79 Å². The molecule has 0 aliphatic heterocycles. The summed E-state index contributed by atoms with van der Waals surface area (Å²) in [5.41, 5.74) is 0. The molecule has 2 N–H and O–H groups in total. The van der Waals surface area contributed by atoms with Crippen LogP contribution in [0.1, 0.15) is 39.0 Å². The van der Waals surface area contributed by atoms with E-state index >= 15 is 0 Å². The van der Waals surface area contributed by atoms with Crippen molar-refractivity contribution >= 4 is 17.8 Å². The van der Waals surface area contributed by atoms with Crippen molar-refractivity contribution in [3.8, 4) is 0 Å². The van der Waals surface area contributed by atoms with Crippen molar-refractivity contribution in [1.82, 2.24) is 10.6 Å². The van der Waals surface area contributed by atoms with Crippen LogP contribution in [0.5, 0.6) is 0 Å². The molecule has 0 saturated heterocycles. The highest BCUT2D eigenvalue weighted by Gasteiger charge is 2.15.